The van der Waals surface area contributed by atoms with Gasteiger partial charge < -0.3 is 4.74 Å². The van der Waals surface area contributed by atoms with Crippen molar-refractivity contribution in [2.75, 3.05) is 6.61 Å². The van der Waals surface area contributed by atoms with Gasteiger partial charge in [0.15, 0.2) is 6.61 Å². The van der Waals surface area contributed by atoms with Gasteiger partial charge in [0.1, 0.15) is 5.75 Å². The summed E-state index contributed by atoms with van der Waals surface area (Å²) in [7, 11) is 0. The zero-order chi connectivity index (χ0) is 16.8. The van der Waals surface area contributed by atoms with Crippen molar-refractivity contribution >= 4 is 59.4 Å². The Balaban J connectivity index is 1.94. The Kier molecular flexibility index (Phi) is 6.80. The molecular weight excluding hydrogens is 492 g/mol. The van der Waals surface area contributed by atoms with Crippen molar-refractivity contribution in [2.24, 2.45) is 5.10 Å². The largest absolute Gasteiger partial charge is 0.481 e. The number of hydrogen-bond acceptors (Lipinski definition) is 3. The maximum absolute atomic E-state index is 11.9. The lowest BCUT2D eigenvalue weighted by Gasteiger charge is -2.10. The molecule has 4 nitrogen and oxygen atoms in total. The van der Waals surface area contributed by atoms with E-state index in [0.29, 0.717) is 5.75 Å². The molecule has 0 aliphatic carbocycles. The minimum absolute atomic E-state index is 0.135. The minimum atomic E-state index is -0.331. The first-order valence-electron chi connectivity index (χ1n) is 6.63. The summed E-state index contributed by atoms with van der Waals surface area (Å²) in [6.45, 7) is 1.70. The number of nitrogens with zero attached hydrogens (tertiary/aromatic N) is 1. The molecule has 0 saturated carbocycles. The van der Waals surface area contributed by atoms with Gasteiger partial charge in [-0.3, -0.25) is 4.79 Å². The number of ether oxygens (including phenoxy) is 1. The van der Waals surface area contributed by atoms with Gasteiger partial charge in [0.25, 0.3) is 5.91 Å². The molecule has 0 radical (unpaired) electrons. The van der Waals surface area contributed by atoms with E-state index in [0.717, 1.165) is 24.7 Å². The lowest BCUT2D eigenvalue weighted by Crippen LogP contribution is -2.25. The predicted molar refractivity (Wildman–Crippen MR) is 102 cm³/mol. The van der Waals surface area contributed by atoms with E-state index in [1.807, 2.05) is 49.4 Å². The predicted octanol–water partition coefficient (Wildman–Crippen LogP) is 4.89. The third-order valence-electron chi connectivity index (χ3n) is 2.85. The topological polar surface area (TPSA) is 50.7 Å². The van der Waals surface area contributed by atoms with Gasteiger partial charge in [-0.15, -0.1) is 0 Å². The number of benzene rings is 2. The normalized spacial score (nSPS) is 11.2. The first-order chi connectivity index (χ1) is 11.0. The quantitative estimate of drug-likeness (QED) is 0.465. The first kappa shape index (κ1) is 18.2. The average Bonchev–Trinajstić information content (AvgIpc) is 2.52. The smallest absolute Gasteiger partial charge is 0.277 e. The zero-order valence-electron chi connectivity index (χ0n) is 12.1. The molecule has 7 heteroatoms. The van der Waals surface area contributed by atoms with Crippen LogP contribution in [0.15, 0.2) is 61.0 Å². The second-order valence-electron chi connectivity index (χ2n) is 4.59. The van der Waals surface area contributed by atoms with Crippen LogP contribution in [0, 0.1) is 0 Å². The molecule has 0 unspecified atom stereocenters. The SMILES string of the molecule is C/C(=N\NC(=O)COc1c(Br)cc(Br)cc1Br)c1ccccc1. The molecule has 0 aliphatic rings. The van der Waals surface area contributed by atoms with E-state index < -0.39 is 0 Å². The number of nitrogens with one attached hydrogen (secondary N) is 1. The molecule has 23 heavy (non-hydrogen) atoms. The van der Waals surface area contributed by atoms with E-state index in [1.165, 1.54) is 0 Å². The van der Waals surface area contributed by atoms with Crippen molar-refractivity contribution in [3.8, 4) is 5.75 Å². The van der Waals surface area contributed by atoms with Crippen molar-refractivity contribution in [3.63, 3.8) is 0 Å². The number of halogens is 3. The van der Waals surface area contributed by atoms with Gasteiger partial charge in [-0.2, -0.15) is 5.10 Å². The maximum Gasteiger partial charge on any atom is 0.277 e. The summed E-state index contributed by atoms with van der Waals surface area (Å²) in [6, 6.07) is 13.3. The summed E-state index contributed by atoms with van der Waals surface area (Å²) in [5.74, 6) is 0.231. The maximum atomic E-state index is 11.9. The van der Waals surface area contributed by atoms with E-state index in [9.17, 15) is 4.79 Å². The first-order valence-corrected chi connectivity index (χ1v) is 9.01. The van der Waals surface area contributed by atoms with Crippen molar-refractivity contribution in [1.82, 2.24) is 5.43 Å². The molecule has 1 N–H and O–H groups in total. The highest BCUT2D eigenvalue weighted by Crippen LogP contribution is 2.36. The Labute approximate surface area is 159 Å². The fraction of sp³-hybridized carbons (Fsp3) is 0.125. The Morgan fingerprint density at radius 2 is 1.74 bits per heavy atom. The molecule has 2 rings (SSSR count). The van der Waals surface area contributed by atoms with Gasteiger partial charge in [0.05, 0.1) is 14.7 Å². The summed E-state index contributed by atoms with van der Waals surface area (Å²) in [5.41, 5.74) is 4.16. The number of carbonyl (C=O) groups excluding carboxylic acids is 1. The molecule has 0 fully saturated rings. The second kappa shape index (κ2) is 8.61. The monoisotopic (exact) mass is 502 g/mol. The number of carbonyl (C=O) groups is 1. The fourth-order valence-corrected chi connectivity index (χ4v) is 4.21. The third kappa shape index (κ3) is 5.44. The Hall–Kier alpha value is -1.18. The average molecular weight is 505 g/mol. The molecule has 0 aliphatic heterocycles. The van der Waals surface area contributed by atoms with Gasteiger partial charge in [-0.25, -0.2) is 5.43 Å². The number of hydrogen-bond donors (Lipinski definition) is 1. The highest BCUT2D eigenvalue weighted by Gasteiger charge is 2.10. The molecule has 0 bridgehead atoms. The molecule has 0 spiro atoms. The highest BCUT2D eigenvalue weighted by atomic mass is 79.9. The van der Waals surface area contributed by atoms with Gasteiger partial charge in [0.2, 0.25) is 0 Å². The van der Waals surface area contributed by atoms with Crippen molar-refractivity contribution in [1.29, 1.82) is 0 Å². The lowest BCUT2D eigenvalue weighted by atomic mass is 10.1. The fourth-order valence-electron chi connectivity index (χ4n) is 1.73. The molecule has 1 amide bonds. The van der Waals surface area contributed by atoms with E-state index in [-0.39, 0.29) is 12.5 Å². The molecule has 120 valence electrons. The van der Waals surface area contributed by atoms with Gasteiger partial charge in [0, 0.05) is 4.47 Å². The number of amides is 1. The third-order valence-corrected chi connectivity index (χ3v) is 4.49. The molecule has 2 aromatic rings. The van der Waals surface area contributed by atoms with Crippen LogP contribution in [-0.4, -0.2) is 18.2 Å². The molecule has 2 aromatic carbocycles. The van der Waals surface area contributed by atoms with Crippen LogP contribution in [0.4, 0.5) is 0 Å². The number of rotatable bonds is 5. The van der Waals surface area contributed by atoms with E-state index in [4.69, 9.17) is 4.74 Å². The number of hydrazone groups is 1. The summed E-state index contributed by atoms with van der Waals surface area (Å²) in [5, 5.41) is 4.07. The molecule has 0 heterocycles. The van der Waals surface area contributed by atoms with Crippen molar-refractivity contribution < 1.29 is 9.53 Å². The van der Waals surface area contributed by atoms with E-state index >= 15 is 0 Å². The van der Waals surface area contributed by atoms with Crippen LogP contribution in [0.5, 0.6) is 5.75 Å². The Morgan fingerprint density at radius 3 is 2.35 bits per heavy atom. The standard InChI is InChI=1S/C16H13Br3N2O2/c1-10(11-5-3-2-4-6-11)20-21-15(22)9-23-16-13(18)7-12(17)8-14(16)19/h2-8H,9H2,1H3,(H,21,22)/b20-10+. The Morgan fingerprint density at radius 1 is 1.13 bits per heavy atom. The second-order valence-corrected chi connectivity index (χ2v) is 7.21. The van der Waals surface area contributed by atoms with Crippen LogP contribution < -0.4 is 10.2 Å². The lowest BCUT2D eigenvalue weighted by molar-refractivity contribution is -0.123. The van der Waals surface area contributed by atoms with Gasteiger partial charge in [-0.1, -0.05) is 46.3 Å². The van der Waals surface area contributed by atoms with Crippen molar-refractivity contribution in [3.05, 3.63) is 61.4 Å². The van der Waals surface area contributed by atoms with Crippen LogP contribution in [-0.2, 0) is 4.79 Å². The summed E-state index contributed by atoms with van der Waals surface area (Å²) < 4.78 is 7.92. The molecule has 0 atom stereocenters. The Bertz CT molecular complexity index is 710. The zero-order valence-corrected chi connectivity index (χ0v) is 16.9. The summed E-state index contributed by atoms with van der Waals surface area (Å²) in [6.07, 6.45) is 0. The van der Waals surface area contributed by atoms with Crippen molar-refractivity contribution in [2.45, 2.75) is 6.92 Å². The van der Waals surface area contributed by atoms with Crippen LogP contribution in [0.3, 0.4) is 0 Å². The summed E-state index contributed by atoms with van der Waals surface area (Å²) in [4.78, 5) is 11.9. The van der Waals surface area contributed by atoms with Crippen LogP contribution in [0.1, 0.15) is 12.5 Å². The molecule has 0 saturated heterocycles. The minimum Gasteiger partial charge on any atom is -0.481 e. The van der Waals surface area contributed by atoms with Gasteiger partial charge in [-0.05, 0) is 56.5 Å². The van der Waals surface area contributed by atoms with Crippen LogP contribution in [0.2, 0.25) is 0 Å². The van der Waals surface area contributed by atoms with Gasteiger partial charge >= 0.3 is 0 Å². The molecule has 0 aromatic heterocycles. The van der Waals surface area contributed by atoms with E-state index in [2.05, 4.69) is 58.3 Å². The van der Waals surface area contributed by atoms with Crippen LogP contribution >= 0.6 is 47.8 Å². The highest BCUT2D eigenvalue weighted by molar-refractivity contribution is 9.11. The van der Waals surface area contributed by atoms with E-state index in [1.54, 1.807) is 0 Å². The molecular formula is C16H13Br3N2O2. The van der Waals surface area contributed by atoms with Crippen LogP contribution in [0.25, 0.3) is 0 Å². The summed E-state index contributed by atoms with van der Waals surface area (Å²) >= 11 is 10.2.